The number of hydrogen-bond donors (Lipinski definition) is 2. The number of piperidine rings is 1. The van der Waals surface area contributed by atoms with Gasteiger partial charge >= 0.3 is 0 Å². The first kappa shape index (κ1) is 14.2. The Morgan fingerprint density at radius 2 is 1.65 bits per heavy atom. The molecular weight excluding hydrogens is 238 g/mol. The van der Waals surface area contributed by atoms with E-state index in [9.17, 15) is 8.42 Å². The molecule has 0 spiro atoms. The van der Waals surface area contributed by atoms with Gasteiger partial charge in [0.25, 0.3) is 10.1 Å². The van der Waals surface area contributed by atoms with Crippen LogP contribution in [-0.4, -0.2) is 26.1 Å². The third kappa shape index (κ3) is 7.90. The van der Waals surface area contributed by atoms with Crippen molar-refractivity contribution in [3.8, 4) is 0 Å². The van der Waals surface area contributed by atoms with Crippen molar-refractivity contribution in [1.29, 1.82) is 0 Å². The van der Waals surface area contributed by atoms with Gasteiger partial charge in [-0.05, 0) is 31.5 Å². The van der Waals surface area contributed by atoms with E-state index in [-0.39, 0.29) is 5.75 Å². The first-order valence-corrected chi connectivity index (χ1v) is 7.39. The van der Waals surface area contributed by atoms with Gasteiger partial charge in [-0.2, -0.15) is 8.42 Å². The fourth-order valence-electron chi connectivity index (χ4n) is 1.59. The molecule has 0 amide bonds. The molecule has 1 saturated heterocycles. The minimum absolute atomic E-state index is 0.312. The summed E-state index contributed by atoms with van der Waals surface area (Å²) in [4.78, 5) is 0. The molecule has 0 radical (unpaired) electrons. The van der Waals surface area contributed by atoms with Crippen molar-refractivity contribution in [3.63, 3.8) is 0 Å². The Morgan fingerprint density at radius 3 is 2.00 bits per heavy atom. The molecule has 1 heterocycles. The summed E-state index contributed by atoms with van der Waals surface area (Å²) in [5, 5.41) is 3.28. The molecule has 17 heavy (non-hydrogen) atoms. The quantitative estimate of drug-likeness (QED) is 0.793. The van der Waals surface area contributed by atoms with Crippen LogP contribution in [0.3, 0.4) is 0 Å². The molecule has 0 unspecified atom stereocenters. The van der Waals surface area contributed by atoms with Crippen LogP contribution in [0.1, 0.15) is 24.8 Å². The molecule has 2 rings (SSSR count). The van der Waals surface area contributed by atoms with Crippen LogP contribution in [0, 0.1) is 0 Å². The third-order valence-electron chi connectivity index (χ3n) is 2.40. The largest absolute Gasteiger partial charge is 0.317 e. The van der Waals surface area contributed by atoms with E-state index in [4.69, 9.17) is 4.55 Å². The molecule has 0 saturated carbocycles. The average molecular weight is 257 g/mol. The van der Waals surface area contributed by atoms with Crippen molar-refractivity contribution in [2.24, 2.45) is 0 Å². The molecule has 1 fully saturated rings. The Labute approximate surface area is 103 Å². The summed E-state index contributed by atoms with van der Waals surface area (Å²) < 4.78 is 29.2. The molecule has 2 N–H and O–H groups in total. The molecule has 0 bridgehead atoms. The molecule has 0 atom stereocenters. The van der Waals surface area contributed by atoms with Gasteiger partial charge in [0, 0.05) is 0 Å². The number of hydrogen-bond acceptors (Lipinski definition) is 3. The zero-order chi connectivity index (χ0) is 12.6. The number of benzene rings is 1. The van der Waals surface area contributed by atoms with E-state index in [2.05, 4.69) is 5.32 Å². The summed E-state index contributed by atoms with van der Waals surface area (Å²) in [5.74, 6) is -0.312. The van der Waals surface area contributed by atoms with Crippen LogP contribution in [-0.2, 0) is 15.9 Å². The van der Waals surface area contributed by atoms with Crippen molar-refractivity contribution < 1.29 is 13.0 Å². The molecule has 96 valence electrons. The lowest BCUT2D eigenvalue weighted by Crippen LogP contribution is -2.21. The van der Waals surface area contributed by atoms with E-state index in [0.717, 1.165) is 0 Å². The van der Waals surface area contributed by atoms with Crippen LogP contribution >= 0.6 is 0 Å². The molecule has 1 aromatic rings. The second kappa shape index (κ2) is 7.42. The fraction of sp³-hybridized carbons (Fsp3) is 0.500. The summed E-state index contributed by atoms with van der Waals surface area (Å²) in [6.07, 6.45) is 4.22. The average Bonchev–Trinajstić information content (AvgIpc) is 2.31. The van der Waals surface area contributed by atoms with Crippen molar-refractivity contribution in [3.05, 3.63) is 35.9 Å². The van der Waals surface area contributed by atoms with Crippen LogP contribution in [0.4, 0.5) is 0 Å². The van der Waals surface area contributed by atoms with Gasteiger partial charge in [0.15, 0.2) is 0 Å². The Bertz CT molecular complexity index is 388. The van der Waals surface area contributed by atoms with Crippen LogP contribution in [0.2, 0.25) is 0 Å². The maximum absolute atomic E-state index is 10.4. The standard InChI is InChI=1S/C7H8O3S.C5H11N/c8-11(9,10)6-7-4-2-1-3-5-7;1-2-4-6-5-3-1/h1-5H,6H2,(H,8,9,10);6H,1-5H2. The smallest absolute Gasteiger partial charge is 0.269 e. The Morgan fingerprint density at radius 1 is 1.06 bits per heavy atom. The van der Waals surface area contributed by atoms with Gasteiger partial charge in [-0.3, -0.25) is 4.55 Å². The second-order valence-electron chi connectivity index (χ2n) is 4.02. The van der Waals surface area contributed by atoms with Crippen LogP contribution in [0.25, 0.3) is 0 Å². The highest BCUT2D eigenvalue weighted by atomic mass is 32.2. The molecule has 5 heteroatoms. The summed E-state index contributed by atoms with van der Waals surface area (Å²) >= 11 is 0. The highest BCUT2D eigenvalue weighted by Crippen LogP contribution is 2.02. The van der Waals surface area contributed by atoms with E-state index in [1.165, 1.54) is 32.4 Å². The van der Waals surface area contributed by atoms with Crippen molar-refractivity contribution >= 4 is 10.1 Å². The van der Waals surface area contributed by atoms with Gasteiger partial charge in [-0.25, -0.2) is 0 Å². The lowest BCUT2D eigenvalue weighted by atomic mass is 10.2. The summed E-state index contributed by atoms with van der Waals surface area (Å²) in [6.45, 7) is 2.50. The lowest BCUT2D eigenvalue weighted by molar-refractivity contribution is 0.482. The van der Waals surface area contributed by atoms with Gasteiger partial charge in [0.1, 0.15) is 5.75 Å². The van der Waals surface area contributed by atoms with E-state index in [0.29, 0.717) is 5.56 Å². The highest BCUT2D eigenvalue weighted by Gasteiger charge is 2.04. The van der Waals surface area contributed by atoms with E-state index in [1.54, 1.807) is 30.3 Å². The van der Waals surface area contributed by atoms with Crippen LogP contribution in [0.5, 0.6) is 0 Å². The third-order valence-corrected chi connectivity index (χ3v) is 3.10. The summed E-state index contributed by atoms with van der Waals surface area (Å²) in [5.41, 5.74) is 0.593. The normalized spacial score (nSPS) is 15.8. The van der Waals surface area contributed by atoms with Gasteiger partial charge < -0.3 is 5.32 Å². The topological polar surface area (TPSA) is 66.4 Å². The molecule has 4 nitrogen and oxygen atoms in total. The minimum atomic E-state index is -3.88. The number of nitrogens with one attached hydrogen (secondary N) is 1. The molecule has 0 aromatic heterocycles. The fourth-order valence-corrected chi connectivity index (χ4v) is 2.20. The van der Waals surface area contributed by atoms with Gasteiger partial charge in [-0.1, -0.05) is 36.8 Å². The molecule has 0 aliphatic carbocycles. The van der Waals surface area contributed by atoms with E-state index < -0.39 is 10.1 Å². The molecular formula is C12H19NO3S. The predicted molar refractivity (Wildman–Crippen MR) is 68.4 cm³/mol. The molecule has 1 aromatic carbocycles. The molecule has 1 aliphatic rings. The first-order chi connectivity index (χ1) is 8.08. The van der Waals surface area contributed by atoms with Gasteiger partial charge in [0.2, 0.25) is 0 Å². The maximum Gasteiger partial charge on any atom is 0.269 e. The van der Waals surface area contributed by atoms with Crippen LogP contribution in [0.15, 0.2) is 30.3 Å². The lowest BCUT2D eigenvalue weighted by Gasteiger charge is -2.08. The van der Waals surface area contributed by atoms with Gasteiger partial charge in [-0.15, -0.1) is 0 Å². The summed E-state index contributed by atoms with van der Waals surface area (Å²) in [7, 11) is -3.88. The summed E-state index contributed by atoms with van der Waals surface area (Å²) in [6, 6.07) is 8.52. The van der Waals surface area contributed by atoms with Crippen molar-refractivity contribution in [2.45, 2.75) is 25.0 Å². The van der Waals surface area contributed by atoms with E-state index in [1.807, 2.05) is 0 Å². The van der Waals surface area contributed by atoms with Crippen molar-refractivity contribution in [1.82, 2.24) is 5.32 Å². The Hall–Kier alpha value is -0.910. The first-order valence-electron chi connectivity index (χ1n) is 5.78. The monoisotopic (exact) mass is 257 g/mol. The van der Waals surface area contributed by atoms with Gasteiger partial charge in [0.05, 0.1) is 0 Å². The van der Waals surface area contributed by atoms with E-state index >= 15 is 0 Å². The Balaban J connectivity index is 0.000000202. The maximum atomic E-state index is 10.4. The Kier molecular flexibility index (Phi) is 6.18. The van der Waals surface area contributed by atoms with Crippen molar-refractivity contribution in [2.75, 3.05) is 13.1 Å². The zero-order valence-corrected chi connectivity index (χ0v) is 10.6. The SMILES string of the molecule is C1CCNCC1.O=S(=O)(O)Cc1ccccc1. The zero-order valence-electron chi connectivity index (χ0n) is 9.80. The molecule has 1 aliphatic heterocycles. The predicted octanol–water partition coefficient (Wildman–Crippen LogP) is 1.83. The van der Waals surface area contributed by atoms with Crippen LogP contribution < -0.4 is 5.32 Å². The second-order valence-corrected chi connectivity index (χ2v) is 5.48. The number of rotatable bonds is 2. The minimum Gasteiger partial charge on any atom is -0.317 e. The highest BCUT2D eigenvalue weighted by molar-refractivity contribution is 7.85.